The van der Waals surface area contributed by atoms with E-state index >= 15 is 0 Å². The molecule has 0 unspecified atom stereocenters. The average molecular weight is 370 g/mol. The fourth-order valence-electron chi connectivity index (χ4n) is 3.08. The first-order chi connectivity index (χ1) is 13.0. The Balaban J connectivity index is 2.14. The molecule has 0 spiro atoms. The second-order valence-electron chi connectivity index (χ2n) is 7.32. The van der Waals surface area contributed by atoms with Gasteiger partial charge < -0.3 is 14.8 Å². The van der Waals surface area contributed by atoms with Crippen LogP contribution in [0, 0.1) is 17.2 Å². The number of hydrogen-bond donors (Lipinski definition) is 1. The maximum atomic E-state index is 12.4. The van der Waals surface area contributed by atoms with Crippen LogP contribution in [0.5, 0.6) is 11.5 Å². The number of benzene rings is 1. The van der Waals surface area contributed by atoms with Crippen LogP contribution in [0.15, 0.2) is 23.8 Å². The molecular weight excluding hydrogens is 340 g/mol. The highest BCUT2D eigenvalue weighted by molar-refractivity contribution is 6.01. The average Bonchev–Trinajstić information content (AvgIpc) is 2.66. The Morgan fingerprint density at radius 1 is 1.26 bits per heavy atom. The number of amides is 1. The number of nitrogens with one attached hydrogen (secondary N) is 1. The second kappa shape index (κ2) is 10.6. The van der Waals surface area contributed by atoms with Gasteiger partial charge in [-0.25, -0.2) is 0 Å². The van der Waals surface area contributed by atoms with Gasteiger partial charge in [-0.15, -0.1) is 0 Å². The Kier molecular flexibility index (Phi) is 8.19. The molecule has 0 atom stereocenters. The zero-order chi connectivity index (χ0) is 19.6. The molecule has 0 saturated heterocycles. The molecule has 2 rings (SSSR count). The number of carbonyl (C=O) groups is 1. The van der Waals surface area contributed by atoms with Crippen LogP contribution in [0.4, 0.5) is 0 Å². The number of nitriles is 1. The minimum Gasteiger partial charge on any atom is -0.490 e. The lowest BCUT2D eigenvalue weighted by atomic mass is 9.95. The van der Waals surface area contributed by atoms with Gasteiger partial charge in [-0.05, 0) is 49.5 Å². The maximum absolute atomic E-state index is 12.4. The number of ether oxygens (including phenoxy) is 2. The monoisotopic (exact) mass is 370 g/mol. The lowest BCUT2D eigenvalue weighted by Crippen LogP contribution is -2.36. The summed E-state index contributed by atoms with van der Waals surface area (Å²) in [7, 11) is 0. The van der Waals surface area contributed by atoms with E-state index in [2.05, 4.69) is 19.2 Å². The number of nitrogens with zero attached hydrogens (tertiary/aromatic N) is 1. The number of hydrogen-bond acceptors (Lipinski definition) is 4. The normalized spacial score (nSPS) is 15.3. The van der Waals surface area contributed by atoms with E-state index in [0.29, 0.717) is 30.6 Å². The molecule has 0 heterocycles. The third-order valence-electron chi connectivity index (χ3n) is 4.46. The van der Waals surface area contributed by atoms with Crippen molar-refractivity contribution in [3.63, 3.8) is 0 Å². The van der Waals surface area contributed by atoms with Gasteiger partial charge in [0.2, 0.25) is 0 Å². The predicted molar refractivity (Wildman–Crippen MR) is 107 cm³/mol. The molecular formula is C22H30N2O3. The first-order valence-corrected chi connectivity index (χ1v) is 9.85. The fraction of sp³-hybridized carbons (Fsp3) is 0.545. The van der Waals surface area contributed by atoms with E-state index in [1.807, 2.05) is 31.2 Å². The fourth-order valence-corrected chi connectivity index (χ4v) is 3.08. The summed E-state index contributed by atoms with van der Waals surface area (Å²) < 4.78 is 11.5. The molecule has 1 aromatic carbocycles. The Labute approximate surface area is 162 Å². The zero-order valence-electron chi connectivity index (χ0n) is 16.6. The van der Waals surface area contributed by atoms with Gasteiger partial charge in [0, 0.05) is 6.04 Å². The van der Waals surface area contributed by atoms with Crippen molar-refractivity contribution in [2.24, 2.45) is 5.92 Å². The van der Waals surface area contributed by atoms with Gasteiger partial charge in [0.25, 0.3) is 5.91 Å². The first kappa shape index (κ1) is 20.8. The predicted octanol–water partition coefficient (Wildman–Crippen LogP) is 4.48. The summed E-state index contributed by atoms with van der Waals surface area (Å²) in [6.07, 6.45) is 7.06. The second-order valence-corrected chi connectivity index (χ2v) is 7.32. The Bertz CT molecular complexity index is 698. The summed E-state index contributed by atoms with van der Waals surface area (Å²) in [5.74, 6) is 1.40. The van der Waals surface area contributed by atoms with Crippen molar-refractivity contribution in [3.8, 4) is 17.6 Å². The van der Waals surface area contributed by atoms with Gasteiger partial charge >= 0.3 is 0 Å². The molecule has 0 radical (unpaired) electrons. The summed E-state index contributed by atoms with van der Waals surface area (Å²) in [5.41, 5.74) is 0.851. The van der Waals surface area contributed by atoms with E-state index in [-0.39, 0.29) is 17.5 Å². The van der Waals surface area contributed by atoms with Crippen molar-refractivity contribution in [1.29, 1.82) is 5.26 Å². The molecule has 1 aromatic rings. The van der Waals surface area contributed by atoms with Crippen LogP contribution < -0.4 is 14.8 Å². The molecule has 5 heteroatoms. The Morgan fingerprint density at radius 2 is 2.00 bits per heavy atom. The van der Waals surface area contributed by atoms with E-state index in [1.54, 1.807) is 6.08 Å². The molecule has 27 heavy (non-hydrogen) atoms. The van der Waals surface area contributed by atoms with Crippen LogP contribution in [0.2, 0.25) is 0 Å². The van der Waals surface area contributed by atoms with Crippen LogP contribution >= 0.6 is 0 Å². The topological polar surface area (TPSA) is 71.3 Å². The number of rotatable bonds is 8. The summed E-state index contributed by atoms with van der Waals surface area (Å²) in [6.45, 7) is 7.19. The molecule has 1 aliphatic rings. The van der Waals surface area contributed by atoms with Crippen molar-refractivity contribution in [1.82, 2.24) is 5.32 Å². The Morgan fingerprint density at radius 3 is 2.63 bits per heavy atom. The first-order valence-electron chi connectivity index (χ1n) is 9.85. The SMILES string of the molecule is CCOc1cc(/C=C(\C#N)C(=O)NC2CCCCC2)ccc1OCC(C)C. The van der Waals surface area contributed by atoms with Crippen molar-refractivity contribution in [2.45, 2.75) is 58.9 Å². The Hall–Kier alpha value is -2.48. The molecule has 1 aliphatic carbocycles. The lowest BCUT2D eigenvalue weighted by molar-refractivity contribution is -0.117. The van der Waals surface area contributed by atoms with Gasteiger partial charge in [-0.1, -0.05) is 39.2 Å². The van der Waals surface area contributed by atoms with Gasteiger partial charge in [-0.3, -0.25) is 4.79 Å². The van der Waals surface area contributed by atoms with Gasteiger partial charge in [0.05, 0.1) is 13.2 Å². The molecule has 5 nitrogen and oxygen atoms in total. The van der Waals surface area contributed by atoms with Crippen LogP contribution in [0.25, 0.3) is 6.08 Å². The van der Waals surface area contributed by atoms with Crippen LogP contribution in [-0.2, 0) is 4.79 Å². The summed E-state index contributed by atoms with van der Waals surface area (Å²) in [5, 5.41) is 12.4. The molecule has 146 valence electrons. The minimum absolute atomic E-state index is 0.110. The van der Waals surface area contributed by atoms with E-state index in [0.717, 1.165) is 31.2 Å². The minimum atomic E-state index is -0.303. The summed E-state index contributed by atoms with van der Waals surface area (Å²) >= 11 is 0. The maximum Gasteiger partial charge on any atom is 0.262 e. The number of carbonyl (C=O) groups excluding carboxylic acids is 1. The highest BCUT2D eigenvalue weighted by atomic mass is 16.5. The van der Waals surface area contributed by atoms with Crippen molar-refractivity contribution in [3.05, 3.63) is 29.3 Å². The third-order valence-corrected chi connectivity index (χ3v) is 4.46. The van der Waals surface area contributed by atoms with Crippen molar-refractivity contribution in [2.75, 3.05) is 13.2 Å². The quantitative estimate of drug-likeness (QED) is 0.541. The molecule has 0 aromatic heterocycles. The molecule has 0 bridgehead atoms. The van der Waals surface area contributed by atoms with Gasteiger partial charge in [-0.2, -0.15) is 5.26 Å². The highest BCUT2D eigenvalue weighted by Gasteiger charge is 2.18. The summed E-state index contributed by atoms with van der Waals surface area (Å²) in [6, 6.07) is 7.67. The van der Waals surface area contributed by atoms with E-state index < -0.39 is 0 Å². The molecule has 1 fully saturated rings. The lowest BCUT2D eigenvalue weighted by Gasteiger charge is -2.22. The highest BCUT2D eigenvalue weighted by Crippen LogP contribution is 2.30. The molecule has 0 aliphatic heterocycles. The van der Waals surface area contributed by atoms with Crippen molar-refractivity contribution < 1.29 is 14.3 Å². The molecule has 1 saturated carbocycles. The van der Waals surface area contributed by atoms with Crippen LogP contribution in [-0.4, -0.2) is 25.2 Å². The van der Waals surface area contributed by atoms with E-state index in [4.69, 9.17) is 9.47 Å². The van der Waals surface area contributed by atoms with Crippen molar-refractivity contribution >= 4 is 12.0 Å². The standard InChI is InChI=1S/C22H30N2O3/c1-4-26-21-13-17(10-11-20(21)27-15-16(2)3)12-18(14-23)22(25)24-19-8-6-5-7-9-19/h10-13,16,19H,4-9,15H2,1-3H3,(H,24,25)/b18-12+. The van der Waals surface area contributed by atoms with Crippen LogP contribution in [0.3, 0.4) is 0 Å². The third kappa shape index (κ3) is 6.63. The smallest absolute Gasteiger partial charge is 0.262 e. The molecule has 1 N–H and O–H groups in total. The summed E-state index contributed by atoms with van der Waals surface area (Å²) in [4.78, 5) is 12.4. The zero-order valence-corrected chi connectivity index (χ0v) is 16.6. The van der Waals surface area contributed by atoms with Gasteiger partial charge in [0.1, 0.15) is 11.6 Å². The largest absolute Gasteiger partial charge is 0.490 e. The molecule has 1 amide bonds. The van der Waals surface area contributed by atoms with E-state index in [9.17, 15) is 10.1 Å². The van der Waals surface area contributed by atoms with Crippen LogP contribution in [0.1, 0.15) is 58.4 Å². The van der Waals surface area contributed by atoms with E-state index in [1.165, 1.54) is 6.42 Å². The van der Waals surface area contributed by atoms with Gasteiger partial charge in [0.15, 0.2) is 11.5 Å².